The van der Waals surface area contributed by atoms with Gasteiger partial charge in [0.15, 0.2) is 11.8 Å². The number of hydrogen-bond donors (Lipinski definition) is 2. The summed E-state index contributed by atoms with van der Waals surface area (Å²) in [6.07, 6.45) is 95.4. The summed E-state index contributed by atoms with van der Waals surface area (Å²) in [4.78, 5) is 27.4. The molecule has 3 N–H and O–H groups in total. The van der Waals surface area contributed by atoms with Crippen molar-refractivity contribution < 1.29 is 109 Å². The van der Waals surface area contributed by atoms with E-state index < -0.39 is 15.3 Å². The van der Waals surface area contributed by atoms with Crippen LogP contribution in [0.5, 0.6) is 0 Å². The molecule has 2 aromatic carbocycles. The molecular formula is C111H225Cl4N7O10. The van der Waals surface area contributed by atoms with Crippen molar-refractivity contribution in [3.63, 3.8) is 0 Å². The van der Waals surface area contributed by atoms with E-state index in [0.29, 0.717) is 25.4 Å². The molecule has 0 heterocycles. The van der Waals surface area contributed by atoms with Crippen molar-refractivity contribution in [3.05, 3.63) is 87.1 Å². The molecule has 0 aliphatic heterocycles. The van der Waals surface area contributed by atoms with Gasteiger partial charge in [-0.2, -0.15) is 4.65 Å². The maximum absolute atomic E-state index is 13.5. The van der Waals surface area contributed by atoms with E-state index in [1.54, 1.807) is 0 Å². The van der Waals surface area contributed by atoms with Gasteiger partial charge in [0.1, 0.15) is 26.2 Å². The van der Waals surface area contributed by atoms with E-state index in [4.69, 9.17) is 49.6 Å². The number of Topliss-reactive ketones (excluding diaryl/α,β-unsaturated/α-hetero) is 1. The van der Waals surface area contributed by atoms with Crippen molar-refractivity contribution in [3.8, 4) is 0 Å². The SMILES string of the molecule is CCCCCCCCCCCCCCCCCC(=O)C(c1ccccc1)[N+](CC)(CC)CCN.CCCCCCCCCCCCCCCCCC[N+](C)(C)CCO.CCCCCCCCCCCCCCCCCC[N+](C)(C)OCC.CCCCCCCCCCCC[N+](C)(C)C.CCCCCCCCCCCC[N+](C)(C)Cc1ccccc1.O=[N+]([O-])[O-].[Cl-].[Cl-].[Cl-].[O-][Cl+3]([O-])([O-])[O-]. The first-order chi connectivity index (χ1) is 61.8. The zero-order valence-corrected chi connectivity index (χ0v) is 93.3. The average Bonchev–Trinajstić information content (AvgIpc) is 0.792. The molecule has 0 saturated carbocycles. The van der Waals surface area contributed by atoms with Crippen molar-refractivity contribution in [1.82, 2.24) is 0 Å². The molecule has 2 rings (SSSR count). The van der Waals surface area contributed by atoms with E-state index in [1.165, 1.54) is 449 Å². The highest BCUT2D eigenvalue weighted by atomic mass is 35.7. The Labute approximate surface area is 841 Å². The van der Waals surface area contributed by atoms with Crippen molar-refractivity contribution in [1.29, 1.82) is 0 Å². The number of likely N-dealkylation sites (N-methyl/N-ethyl adjacent to an activating group) is 2. The van der Waals surface area contributed by atoms with Gasteiger partial charge in [-0.1, -0.05) is 468 Å². The molecule has 0 saturated heterocycles. The summed E-state index contributed by atoms with van der Waals surface area (Å²) < 4.78 is 38.7. The first-order valence-electron chi connectivity index (χ1n) is 55.0. The van der Waals surface area contributed by atoms with E-state index in [2.05, 4.69) is 173 Å². The Bertz CT molecular complexity index is 2460. The highest BCUT2D eigenvalue weighted by Crippen LogP contribution is 2.32. The number of aliphatic hydroxyl groups is 1. The summed E-state index contributed by atoms with van der Waals surface area (Å²) in [5, 5.41) is 23.8. The zero-order valence-electron chi connectivity index (χ0n) is 90.3. The third-order valence-corrected chi connectivity index (χ3v) is 25.9. The number of nitrogens with zero attached hydrogens (tertiary/aromatic N) is 6. The molecule has 1 atom stereocenters. The summed E-state index contributed by atoms with van der Waals surface area (Å²) >= 11 is 0. The van der Waals surface area contributed by atoms with Gasteiger partial charge in [-0.25, -0.2) is 23.5 Å². The number of rotatable bonds is 85. The van der Waals surface area contributed by atoms with Gasteiger partial charge in [0, 0.05) is 24.1 Å². The van der Waals surface area contributed by atoms with Gasteiger partial charge in [-0.3, -0.25) is 4.79 Å². The van der Waals surface area contributed by atoms with E-state index in [1.807, 2.05) is 6.07 Å². The molecule has 0 amide bonds. The van der Waals surface area contributed by atoms with Crippen LogP contribution in [-0.4, -0.2) is 174 Å². The minimum absolute atomic E-state index is 0. The van der Waals surface area contributed by atoms with Crippen LogP contribution in [0, 0.1) is 25.6 Å². The van der Waals surface area contributed by atoms with Gasteiger partial charge in [0.25, 0.3) is 0 Å². The summed E-state index contributed by atoms with van der Waals surface area (Å²) in [5.41, 5.74) is 8.61. The number of quaternary nitrogens is 5. The highest BCUT2D eigenvalue weighted by molar-refractivity contribution is 5.84. The number of halogens is 4. The van der Waals surface area contributed by atoms with Crippen LogP contribution in [0.1, 0.15) is 509 Å². The highest BCUT2D eigenvalue weighted by Gasteiger charge is 2.39. The molecule has 0 fully saturated rings. The Balaban J connectivity index is -0.000000239. The number of hydroxylamine groups is 3. The standard InChI is InChI=1S/C31H57N2O.2C22H48NO.C21H38N.C15H34N.ClHO4.3ClH.NO3/c1-4-7-8-9-10-11-12-13-14-15-16-17-18-19-23-26-30(34)31(29-24-21-20-22-25-29)33(5-2,6-3)28-27-32;1-5-7-8-9-10-11-12-13-14-15-16-17-18-19-20-21-22-23(3,4)24-6-2;1-4-5-6-7-8-9-10-11-12-13-14-15-16-17-18-19-20-23(2,3)21-22-24;1-4-5-6-7-8-9-10-11-12-16-19-22(2,3)20-21-17-14-13-15-18-21;1-5-6-7-8-9-10-11-12-13-14-15-16(2,3)4;2-1(3,4)5;;;;2-1(3)4/h20-22,24-25,31H,4-19,23,26-28,32H2,1-3H3;5-22H2,1-4H3;24H,4-22H2,1-3H3;13-15,17-18H,4-12,16,19-20H2,1-3H3;5-15H2,1-4H3;(H,2,3,4,5);3*1H;/q5*+1;;;;;-1/p-4. The van der Waals surface area contributed by atoms with Gasteiger partial charge < -0.3 is 81.3 Å². The average molecular weight is 1960 g/mol. The Morgan fingerprint density at radius 1 is 0.341 bits per heavy atom. The van der Waals surface area contributed by atoms with Crippen LogP contribution in [0.2, 0.25) is 0 Å². The third kappa shape index (κ3) is 118. The first kappa shape index (κ1) is 145. The molecule has 0 aromatic heterocycles. The topological polar surface area (TPSA) is 231 Å². The molecule has 0 spiro atoms. The number of carbonyl (C=O) groups excluding carboxylic acids is 1. The maximum atomic E-state index is 13.5. The number of nitrogens with two attached hydrogens (primary N) is 1. The number of carbonyl (C=O) groups is 1. The molecule has 0 radical (unpaired) electrons. The van der Waals surface area contributed by atoms with Gasteiger partial charge >= 0.3 is 0 Å². The minimum Gasteiger partial charge on any atom is -1.00 e. The Kier molecular flexibility index (Phi) is 119. The number of hydrogen-bond acceptors (Lipinski definition) is 11. The van der Waals surface area contributed by atoms with E-state index in [-0.39, 0.29) is 43.3 Å². The van der Waals surface area contributed by atoms with Crippen LogP contribution in [0.25, 0.3) is 0 Å². The minimum atomic E-state index is -4.94. The molecule has 21 heteroatoms. The van der Waals surface area contributed by atoms with E-state index >= 15 is 0 Å². The van der Waals surface area contributed by atoms with E-state index in [0.717, 1.165) is 80.4 Å². The van der Waals surface area contributed by atoms with Crippen LogP contribution >= 0.6 is 0 Å². The van der Waals surface area contributed by atoms with E-state index in [9.17, 15) is 4.79 Å². The second kappa shape index (κ2) is 108. The van der Waals surface area contributed by atoms with Crippen LogP contribution in [0.4, 0.5) is 0 Å². The zero-order chi connectivity index (χ0) is 97.2. The lowest BCUT2D eigenvalue weighted by Crippen LogP contribution is -3.00. The largest absolute Gasteiger partial charge is 1.00 e. The summed E-state index contributed by atoms with van der Waals surface area (Å²) in [6, 6.07) is 21.2. The Hall–Kier alpha value is -2.01. The second-order valence-electron chi connectivity index (χ2n) is 41.1. The summed E-state index contributed by atoms with van der Waals surface area (Å²) in [5.74, 6) is 0.401. The third-order valence-electron chi connectivity index (χ3n) is 25.9. The Morgan fingerprint density at radius 2 is 0.568 bits per heavy atom. The van der Waals surface area contributed by atoms with Crippen LogP contribution in [-0.2, 0) is 16.2 Å². The molecular weight excluding hydrogens is 1730 g/mol. The fourth-order valence-corrected chi connectivity index (χ4v) is 17.7. The number of aliphatic hydroxyl groups excluding tert-OH is 1. The number of benzene rings is 2. The summed E-state index contributed by atoms with van der Waals surface area (Å²) in [6.45, 7) is 29.4. The Morgan fingerprint density at radius 3 is 0.803 bits per heavy atom. The van der Waals surface area contributed by atoms with Crippen LogP contribution in [0.15, 0.2) is 60.7 Å². The van der Waals surface area contributed by atoms with Crippen molar-refractivity contribution in [2.45, 2.75) is 505 Å². The van der Waals surface area contributed by atoms with Gasteiger partial charge in [0.2, 0.25) is 0 Å². The molecule has 0 bridgehead atoms. The molecule has 0 aliphatic carbocycles. The monoisotopic (exact) mass is 1960 g/mol. The lowest BCUT2D eigenvalue weighted by Gasteiger charge is -2.43. The van der Waals surface area contributed by atoms with Crippen molar-refractivity contribution in [2.75, 3.05) is 136 Å². The fourth-order valence-electron chi connectivity index (χ4n) is 17.7. The normalized spacial score (nSPS) is 11.7. The predicted molar refractivity (Wildman–Crippen MR) is 550 cm³/mol. The molecule has 132 heavy (non-hydrogen) atoms. The van der Waals surface area contributed by atoms with Gasteiger partial charge in [-0.15, -0.1) is 10.2 Å². The van der Waals surface area contributed by atoms with Gasteiger partial charge in [0.05, 0.1) is 114 Å². The fraction of sp³-hybridized carbons (Fsp3) is 0.883. The van der Waals surface area contributed by atoms with Crippen molar-refractivity contribution in [2.24, 2.45) is 5.73 Å². The molecule has 2 aromatic rings. The van der Waals surface area contributed by atoms with Gasteiger partial charge in [-0.05, 0) is 78.6 Å². The maximum Gasteiger partial charge on any atom is 0.194 e. The molecule has 0 aliphatic rings. The molecule has 17 nitrogen and oxygen atoms in total. The summed E-state index contributed by atoms with van der Waals surface area (Å²) in [7, 11) is 15.4. The lowest BCUT2D eigenvalue weighted by molar-refractivity contribution is -2.00. The van der Waals surface area contributed by atoms with Crippen molar-refractivity contribution >= 4 is 5.78 Å². The first-order valence-corrected chi connectivity index (χ1v) is 56.2. The molecule has 792 valence electrons. The molecule has 1 unspecified atom stereocenters. The quantitative estimate of drug-likeness (QED) is 0.0274. The predicted octanol–water partition coefficient (Wildman–Crippen LogP) is 18.8. The van der Waals surface area contributed by atoms with Crippen LogP contribution in [0.3, 0.4) is 0 Å². The van der Waals surface area contributed by atoms with Crippen LogP contribution < -0.4 is 61.6 Å². The second-order valence-corrected chi connectivity index (χ2v) is 41.8. The smallest absolute Gasteiger partial charge is 0.194 e. The number of ketones is 1. The lowest BCUT2D eigenvalue weighted by atomic mass is 9.94. The number of unbranched alkanes of at least 4 members (excludes halogenated alkanes) is 62.